The van der Waals surface area contributed by atoms with E-state index in [0.717, 1.165) is 44.1 Å². The number of halogens is 1. The van der Waals surface area contributed by atoms with Crippen LogP contribution in [0.4, 0.5) is 0 Å². The van der Waals surface area contributed by atoms with Crippen molar-refractivity contribution >= 4 is 41.8 Å². The summed E-state index contributed by atoms with van der Waals surface area (Å²) in [5.41, 5.74) is 1.21. The fourth-order valence-corrected chi connectivity index (χ4v) is 5.18. The summed E-state index contributed by atoms with van der Waals surface area (Å²) in [6, 6.07) is 8.17. The van der Waals surface area contributed by atoms with Gasteiger partial charge in [-0.2, -0.15) is 0 Å². The van der Waals surface area contributed by atoms with E-state index in [-0.39, 0.29) is 59.5 Å². The van der Waals surface area contributed by atoms with Crippen LogP contribution in [-0.4, -0.2) is 56.0 Å². The highest BCUT2D eigenvalue weighted by Crippen LogP contribution is 2.52. The van der Waals surface area contributed by atoms with Crippen molar-refractivity contribution in [3.8, 4) is 5.75 Å². The number of fused-ring (bicyclic) bond motifs is 5. The second kappa shape index (κ2) is 11.9. The van der Waals surface area contributed by atoms with E-state index in [2.05, 4.69) is 46.8 Å². The molecule has 33 heavy (non-hydrogen) atoms. The Morgan fingerprint density at radius 2 is 1.82 bits per heavy atom. The van der Waals surface area contributed by atoms with Gasteiger partial charge >= 0.3 is 0 Å². The number of nitrogens with zero attached hydrogens (tertiary/aromatic N) is 2. The van der Waals surface area contributed by atoms with E-state index in [1.165, 1.54) is 10.5 Å². The molecule has 1 aliphatic heterocycles. The van der Waals surface area contributed by atoms with Crippen LogP contribution in [0.1, 0.15) is 31.7 Å². The lowest BCUT2D eigenvalue weighted by molar-refractivity contribution is -0.140. The van der Waals surface area contributed by atoms with Crippen molar-refractivity contribution in [1.82, 2.24) is 15.5 Å². The molecule has 0 spiro atoms. The number of ether oxygens (including phenoxy) is 1. The molecule has 7 nitrogen and oxygen atoms in total. The summed E-state index contributed by atoms with van der Waals surface area (Å²) in [5.74, 6) is 2.02. The zero-order chi connectivity index (χ0) is 22.5. The third-order valence-corrected chi connectivity index (χ3v) is 6.71. The first kappa shape index (κ1) is 25.5. The predicted molar refractivity (Wildman–Crippen MR) is 140 cm³/mol. The highest BCUT2D eigenvalue weighted by Gasteiger charge is 2.58. The second-order valence-electron chi connectivity index (χ2n) is 8.85. The molecule has 4 atom stereocenters. The van der Waals surface area contributed by atoms with Crippen molar-refractivity contribution in [2.24, 2.45) is 28.7 Å². The van der Waals surface area contributed by atoms with Gasteiger partial charge in [0.1, 0.15) is 5.75 Å². The SMILES string of the molecule is CCCOc1cccc(CCNC(=NC)NCCCN2C(=O)C3C4C=CC(C4)C3C2=O)c1.I. The molecule has 1 heterocycles. The van der Waals surface area contributed by atoms with Gasteiger partial charge in [0, 0.05) is 26.7 Å². The molecule has 2 N–H and O–H groups in total. The molecule has 3 aliphatic rings. The highest BCUT2D eigenvalue weighted by molar-refractivity contribution is 14.0. The molecule has 4 unspecified atom stereocenters. The fourth-order valence-electron chi connectivity index (χ4n) is 5.18. The van der Waals surface area contributed by atoms with Crippen molar-refractivity contribution in [1.29, 1.82) is 0 Å². The van der Waals surface area contributed by atoms with E-state index < -0.39 is 0 Å². The first-order valence-corrected chi connectivity index (χ1v) is 11.8. The molecule has 0 radical (unpaired) electrons. The molecule has 2 bridgehead atoms. The largest absolute Gasteiger partial charge is 0.494 e. The first-order chi connectivity index (χ1) is 15.6. The average molecular weight is 566 g/mol. The monoisotopic (exact) mass is 566 g/mol. The summed E-state index contributed by atoms with van der Waals surface area (Å²) in [7, 11) is 1.74. The third-order valence-electron chi connectivity index (χ3n) is 6.71. The van der Waals surface area contributed by atoms with Gasteiger partial charge in [-0.25, -0.2) is 0 Å². The molecule has 4 rings (SSSR count). The summed E-state index contributed by atoms with van der Waals surface area (Å²) >= 11 is 0. The van der Waals surface area contributed by atoms with E-state index in [4.69, 9.17) is 4.74 Å². The van der Waals surface area contributed by atoms with Gasteiger partial charge in [-0.15, -0.1) is 24.0 Å². The number of hydrogen-bond acceptors (Lipinski definition) is 4. The number of allylic oxidation sites excluding steroid dienone is 2. The number of guanidine groups is 1. The molecule has 1 saturated heterocycles. The van der Waals surface area contributed by atoms with Crippen LogP contribution in [0.5, 0.6) is 5.75 Å². The van der Waals surface area contributed by atoms with E-state index in [0.29, 0.717) is 19.5 Å². The normalized spacial score (nSPS) is 25.3. The number of nitrogens with one attached hydrogen (secondary N) is 2. The number of carbonyl (C=O) groups excluding carboxylic acids is 2. The number of hydrogen-bond donors (Lipinski definition) is 2. The van der Waals surface area contributed by atoms with Gasteiger partial charge < -0.3 is 15.4 Å². The Kier molecular flexibility index (Phi) is 9.17. The number of aliphatic imine (C=N–C) groups is 1. The van der Waals surface area contributed by atoms with Gasteiger partial charge in [-0.1, -0.05) is 31.2 Å². The lowest BCUT2D eigenvalue weighted by atomic mass is 9.85. The average Bonchev–Trinajstić information content (AvgIpc) is 3.49. The molecule has 1 aromatic carbocycles. The maximum Gasteiger partial charge on any atom is 0.233 e. The maximum absolute atomic E-state index is 12.7. The number of likely N-dealkylation sites (tertiary alicyclic amines) is 1. The summed E-state index contributed by atoms with van der Waals surface area (Å²) in [6.07, 6.45) is 7.79. The van der Waals surface area contributed by atoms with Crippen LogP contribution in [0.15, 0.2) is 41.4 Å². The Morgan fingerprint density at radius 3 is 2.48 bits per heavy atom. The molecule has 0 aromatic heterocycles. The maximum atomic E-state index is 12.7. The van der Waals surface area contributed by atoms with E-state index >= 15 is 0 Å². The van der Waals surface area contributed by atoms with E-state index in [1.54, 1.807) is 7.05 Å². The number of carbonyl (C=O) groups is 2. The smallest absolute Gasteiger partial charge is 0.233 e. The molecule has 8 heteroatoms. The number of rotatable bonds is 10. The van der Waals surface area contributed by atoms with E-state index in [1.807, 2.05) is 12.1 Å². The molecule has 2 fully saturated rings. The van der Waals surface area contributed by atoms with Gasteiger partial charge in [0.15, 0.2) is 5.96 Å². The highest BCUT2D eigenvalue weighted by atomic mass is 127. The quantitative estimate of drug-likeness (QED) is 0.114. The Labute approximate surface area is 213 Å². The third kappa shape index (κ3) is 5.70. The van der Waals surface area contributed by atoms with Gasteiger partial charge in [-0.05, 0) is 55.2 Å². The minimum Gasteiger partial charge on any atom is -0.494 e. The van der Waals surface area contributed by atoms with Crippen molar-refractivity contribution in [3.05, 3.63) is 42.0 Å². The zero-order valence-electron chi connectivity index (χ0n) is 19.5. The summed E-state index contributed by atoms with van der Waals surface area (Å²) in [6.45, 7) is 4.70. The summed E-state index contributed by atoms with van der Waals surface area (Å²) < 4.78 is 5.69. The fraction of sp³-hybridized carbons (Fsp3) is 0.560. The molecule has 180 valence electrons. The number of imide groups is 1. The molecule has 1 saturated carbocycles. The number of benzene rings is 1. The predicted octanol–water partition coefficient (Wildman–Crippen LogP) is 3.00. The van der Waals surface area contributed by atoms with Gasteiger partial charge in [0.2, 0.25) is 11.8 Å². The Morgan fingerprint density at radius 1 is 1.12 bits per heavy atom. The van der Waals surface area contributed by atoms with Crippen LogP contribution in [0.2, 0.25) is 0 Å². The van der Waals surface area contributed by atoms with Crippen LogP contribution < -0.4 is 15.4 Å². The van der Waals surface area contributed by atoms with Crippen LogP contribution in [0.25, 0.3) is 0 Å². The Balaban J connectivity index is 0.00000306. The van der Waals surface area contributed by atoms with Gasteiger partial charge in [-0.3, -0.25) is 19.5 Å². The summed E-state index contributed by atoms with van der Waals surface area (Å²) in [4.78, 5) is 31.2. The minimum absolute atomic E-state index is 0. The van der Waals surface area contributed by atoms with Gasteiger partial charge in [0.25, 0.3) is 0 Å². The number of amides is 2. The van der Waals surface area contributed by atoms with Crippen molar-refractivity contribution < 1.29 is 14.3 Å². The standard InChI is InChI=1S/C25H34N4O3.HI/c1-3-14-32-20-7-4-6-17(15-20)10-12-28-25(26-2)27-11-5-13-29-23(30)21-18-8-9-19(16-18)22(21)24(29)31;/h4,6-9,15,18-19,21-22H,3,5,10-14,16H2,1-2H3,(H2,26,27,28);1H. The van der Waals surface area contributed by atoms with Crippen LogP contribution in [0, 0.1) is 23.7 Å². The first-order valence-electron chi connectivity index (χ1n) is 11.8. The summed E-state index contributed by atoms with van der Waals surface area (Å²) in [5, 5.41) is 6.60. The van der Waals surface area contributed by atoms with Crippen molar-refractivity contribution in [2.45, 2.75) is 32.6 Å². The second-order valence-corrected chi connectivity index (χ2v) is 8.85. The van der Waals surface area contributed by atoms with Crippen LogP contribution in [0.3, 0.4) is 0 Å². The minimum atomic E-state index is -0.106. The lowest BCUT2D eigenvalue weighted by Crippen LogP contribution is -2.40. The van der Waals surface area contributed by atoms with Crippen LogP contribution in [-0.2, 0) is 16.0 Å². The van der Waals surface area contributed by atoms with Crippen molar-refractivity contribution in [3.63, 3.8) is 0 Å². The Bertz CT molecular complexity index is 873. The van der Waals surface area contributed by atoms with Crippen LogP contribution >= 0.6 is 24.0 Å². The van der Waals surface area contributed by atoms with Crippen molar-refractivity contribution in [2.75, 3.05) is 33.3 Å². The molecular formula is C25H35IN4O3. The van der Waals surface area contributed by atoms with Gasteiger partial charge in [0.05, 0.1) is 18.4 Å². The molecule has 2 amide bonds. The Hall–Kier alpha value is -2.10. The molecular weight excluding hydrogens is 531 g/mol. The molecule has 2 aliphatic carbocycles. The van der Waals surface area contributed by atoms with E-state index in [9.17, 15) is 9.59 Å². The molecule has 1 aromatic rings. The zero-order valence-corrected chi connectivity index (χ0v) is 21.8. The lowest BCUT2D eigenvalue weighted by Gasteiger charge is -2.18. The topological polar surface area (TPSA) is 83.0 Å².